The zero-order valence-electron chi connectivity index (χ0n) is 49.3. The predicted octanol–water partition coefficient (Wildman–Crippen LogP) is -0.824. The molecule has 0 aliphatic heterocycles. The molecule has 1 aliphatic rings. The first-order valence-electron chi connectivity index (χ1n) is 27.5. The zero-order valence-corrected chi connectivity index (χ0v) is 49.3. The summed E-state index contributed by atoms with van der Waals surface area (Å²) in [5.74, 6) is -6.64. The molecule has 31 nitrogen and oxygen atoms in total. The Morgan fingerprint density at radius 3 is 1.32 bits per heavy atom. The van der Waals surface area contributed by atoms with Crippen molar-refractivity contribution in [2.45, 2.75) is 76.4 Å². The molecule has 0 bridgehead atoms. The Morgan fingerprint density at radius 1 is 0.489 bits per heavy atom. The minimum Gasteiger partial charge on any atom is -0.496 e. The van der Waals surface area contributed by atoms with Crippen LogP contribution in [0.5, 0.6) is 11.5 Å². The van der Waals surface area contributed by atoms with Crippen LogP contribution >= 0.6 is 0 Å². The van der Waals surface area contributed by atoms with Crippen LogP contribution in [0.2, 0.25) is 0 Å². The zero-order chi connectivity index (χ0) is 64.9. The van der Waals surface area contributed by atoms with Crippen molar-refractivity contribution in [3.8, 4) is 11.5 Å². The Labute approximate surface area is 507 Å². The van der Waals surface area contributed by atoms with Gasteiger partial charge in [0.1, 0.15) is 29.6 Å². The number of amides is 8. The first-order valence-corrected chi connectivity index (χ1v) is 27.5. The molecule has 4 rings (SSSR count). The van der Waals surface area contributed by atoms with Gasteiger partial charge in [-0.25, -0.2) is 0 Å². The number of anilines is 3. The molecule has 0 saturated heterocycles. The Bertz CT molecular complexity index is 3280. The van der Waals surface area contributed by atoms with Crippen LogP contribution in [0.1, 0.15) is 89.4 Å². The number of guanidine groups is 4. The van der Waals surface area contributed by atoms with Crippen LogP contribution in [-0.2, 0) is 28.7 Å². The van der Waals surface area contributed by atoms with E-state index in [-0.39, 0.29) is 150 Å². The van der Waals surface area contributed by atoms with Crippen LogP contribution in [0.15, 0.2) is 122 Å². The van der Waals surface area contributed by atoms with E-state index in [0.717, 1.165) is 0 Å². The lowest BCUT2D eigenvalue weighted by atomic mass is 10.0. The molecule has 0 spiro atoms. The number of rotatable bonds is 34. The highest BCUT2D eigenvalue weighted by molar-refractivity contribution is 6.06. The molecule has 0 fully saturated rings. The van der Waals surface area contributed by atoms with Gasteiger partial charge >= 0.3 is 0 Å². The average molecular weight is 1220 g/mol. The Hall–Kier alpha value is -11.1. The van der Waals surface area contributed by atoms with E-state index in [2.05, 4.69) is 62.9 Å². The summed E-state index contributed by atoms with van der Waals surface area (Å²) in [7, 11) is 3.93. The highest BCUT2D eigenvalue weighted by Gasteiger charge is 2.29. The predicted molar refractivity (Wildman–Crippen MR) is 333 cm³/mol. The molecule has 4 atom stereocenters. The van der Waals surface area contributed by atoms with Crippen LogP contribution < -0.4 is 98.3 Å². The third-order valence-corrected chi connectivity index (χ3v) is 12.8. The number of methoxy groups -OCH3 is 3. The molecule has 1 aliphatic carbocycles. The Kier molecular flexibility index (Phi) is 27.8. The molecule has 3 aromatic rings. The van der Waals surface area contributed by atoms with Gasteiger partial charge in [-0.3, -0.25) is 58.3 Å². The molecule has 0 heterocycles. The van der Waals surface area contributed by atoms with Gasteiger partial charge in [0.05, 0.1) is 38.0 Å². The lowest BCUT2D eigenvalue weighted by Gasteiger charge is -2.21. The van der Waals surface area contributed by atoms with Crippen molar-refractivity contribution in [3.05, 3.63) is 118 Å². The van der Waals surface area contributed by atoms with Gasteiger partial charge in [0.15, 0.2) is 29.6 Å². The van der Waals surface area contributed by atoms with Crippen LogP contribution in [0.3, 0.4) is 0 Å². The maximum absolute atomic E-state index is 14.5. The average Bonchev–Trinajstić information content (AvgIpc) is 3.78. The molecule has 0 aromatic heterocycles. The quantitative estimate of drug-likeness (QED) is 0.0150. The molecule has 0 saturated carbocycles. The number of primary amides is 1. The Balaban J connectivity index is 1.61. The lowest BCUT2D eigenvalue weighted by molar-refractivity contribution is -0.124. The highest BCUT2D eigenvalue weighted by atomic mass is 16.5. The maximum Gasteiger partial charge on any atom is 0.256 e. The second-order valence-electron chi connectivity index (χ2n) is 19.5. The normalized spacial score (nSPS) is 12.8. The van der Waals surface area contributed by atoms with Gasteiger partial charge in [0.25, 0.3) is 17.7 Å². The van der Waals surface area contributed by atoms with Gasteiger partial charge in [-0.15, -0.1) is 0 Å². The standard InChI is InChI=1S/C57H78N20O11/c1-31(11-7-23-67-54(59)60)47(79)71-35-19-21-44(87-3)38(29-35)49(81)77-41(16-9-25-69-56(63)64)52(84)73-34-14-6-18-43(86-2)37(28-34)48(80)75-42(17-10-26-70-57(65)66)53(85)74-36-20-22-45(88-4)39(30-36)50(82)76-40(15-8-24-68-55(61)62)51(83)72-33-13-5-12-32(27-33)46(58)78/h5-6,12-14,19-22,27-31,40-42H,7-11,15-17,23-26H2,1-4H3,(H2,58,78)(H,71,79)(H,72,83)(H,73,84)(H,74,85)(H,75,80)(H,76,82)(H,77,81)(H4,59,60,67)(H4,61,62,68)(H4,63,64,69)(H4,65,66,70)/t31-,40-,41-,42-/m1/s1. The van der Waals surface area contributed by atoms with Gasteiger partial charge in [-0.2, -0.15) is 0 Å². The van der Waals surface area contributed by atoms with Gasteiger partial charge in [-0.1, -0.05) is 18.7 Å². The number of hydrogen-bond acceptors (Lipinski definition) is 15. The first-order chi connectivity index (χ1) is 41.9. The number of carbonyl (C=O) groups is 8. The SMILES string of the molecule is COC1=C=CC=C(NC(=O)[C@@H](CCCN=C(N)N)NC(=O)c2cc(NC(=O)[C@H](C)CCCN=C(N)N)ccc2OC)C=C1C(=O)N[C@H](CCCN=C(N)N)C(=O)Nc1ccc(OC)c(C(=O)N[C@H](CCCN=C(N)N)C(=O)Nc2cccc(C(N)=O)c2)c1. The van der Waals surface area contributed by atoms with Crippen molar-refractivity contribution in [1.82, 2.24) is 21.3 Å². The fourth-order valence-corrected chi connectivity index (χ4v) is 8.36. The van der Waals surface area contributed by atoms with E-state index in [1.165, 1.54) is 94.2 Å². The summed E-state index contributed by atoms with van der Waals surface area (Å²) in [6, 6.07) is 10.7. The monoisotopic (exact) mass is 1220 g/mol. The minimum absolute atomic E-state index is 0.00110. The fraction of sp³-hybridized carbons (Fsp3) is 0.351. The molecule has 3 aromatic carbocycles. The summed E-state index contributed by atoms with van der Waals surface area (Å²) in [6.07, 6.45) is 5.68. The Morgan fingerprint density at radius 2 is 0.898 bits per heavy atom. The van der Waals surface area contributed by atoms with Crippen molar-refractivity contribution in [2.75, 3.05) is 63.5 Å². The van der Waals surface area contributed by atoms with E-state index >= 15 is 0 Å². The summed E-state index contributed by atoms with van der Waals surface area (Å²) in [4.78, 5) is 126. The smallest absolute Gasteiger partial charge is 0.256 e. The number of allylic oxidation sites excluding steroid dienone is 2. The van der Waals surface area contributed by atoms with Crippen molar-refractivity contribution >= 4 is 88.2 Å². The maximum atomic E-state index is 14.5. The van der Waals surface area contributed by atoms with Crippen LogP contribution in [0.4, 0.5) is 17.1 Å². The number of aliphatic imine (C=N–C) groups is 4. The molecule has 472 valence electrons. The van der Waals surface area contributed by atoms with Crippen molar-refractivity contribution in [2.24, 2.45) is 77.5 Å². The van der Waals surface area contributed by atoms with Crippen molar-refractivity contribution in [3.63, 3.8) is 0 Å². The van der Waals surface area contributed by atoms with Crippen molar-refractivity contribution < 1.29 is 52.6 Å². The molecule has 0 radical (unpaired) electrons. The van der Waals surface area contributed by atoms with Gasteiger partial charge in [0, 0.05) is 60.4 Å². The minimum atomic E-state index is -1.33. The number of nitrogens with zero attached hydrogens (tertiary/aromatic N) is 4. The fourth-order valence-electron chi connectivity index (χ4n) is 8.36. The summed E-state index contributed by atoms with van der Waals surface area (Å²) in [6.45, 7) is 2.34. The number of nitrogens with two attached hydrogens (primary N) is 9. The van der Waals surface area contributed by atoms with Gasteiger partial charge < -0.3 is 103 Å². The molecule has 8 amide bonds. The second kappa shape index (κ2) is 35.3. The number of carbonyl (C=O) groups excluding carboxylic acids is 8. The van der Waals surface area contributed by atoms with E-state index in [4.69, 9.17) is 65.8 Å². The van der Waals surface area contributed by atoms with Crippen molar-refractivity contribution in [1.29, 1.82) is 0 Å². The third kappa shape index (κ3) is 23.2. The van der Waals surface area contributed by atoms with E-state index in [1.807, 2.05) is 0 Å². The lowest BCUT2D eigenvalue weighted by Crippen LogP contribution is -2.46. The van der Waals surface area contributed by atoms with Crippen LogP contribution in [0.25, 0.3) is 0 Å². The molecule has 31 heteroatoms. The molecule has 88 heavy (non-hydrogen) atoms. The summed E-state index contributed by atoms with van der Waals surface area (Å²) < 4.78 is 16.5. The molecule has 0 unspecified atom stereocenters. The summed E-state index contributed by atoms with van der Waals surface area (Å²) in [5.41, 5.74) is 52.7. The second-order valence-corrected chi connectivity index (χ2v) is 19.5. The van der Waals surface area contributed by atoms with Gasteiger partial charge in [-0.05, 0) is 124 Å². The first kappa shape index (κ1) is 69.4. The van der Waals surface area contributed by atoms with E-state index in [1.54, 1.807) is 13.0 Å². The van der Waals surface area contributed by atoms with E-state index in [9.17, 15) is 38.4 Å². The number of nitrogens with one attached hydrogen (secondary N) is 7. The molecular weight excluding hydrogens is 1140 g/mol. The summed E-state index contributed by atoms with van der Waals surface area (Å²) >= 11 is 0. The number of benzene rings is 3. The molecule has 25 N–H and O–H groups in total. The highest BCUT2D eigenvalue weighted by Crippen LogP contribution is 2.26. The van der Waals surface area contributed by atoms with E-state index < -0.39 is 65.4 Å². The number of hydrogen-bond donors (Lipinski definition) is 16. The van der Waals surface area contributed by atoms with E-state index in [0.29, 0.717) is 19.4 Å². The third-order valence-electron chi connectivity index (χ3n) is 12.8. The van der Waals surface area contributed by atoms with Crippen LogP contribution in [0, 0.1) is 5.92 Å². The largest absolute Gasteiger partial charge is 0.496 e. The topological polar surface area (TPSA) is 532 Å². The number of ether oxygens (including phenoxy) is 3. The molecular formula is C57H78N20O11. The van der Waals surface area contributed by atoms with Crippen LogP contribution in [-0.4, -0.2) is 137 Å². The summed E-state index contributed by atoms with van der Waals surface area (Å²) in [5, 5.41) is 19.1. The van der Waals surface area contributed by atoms with Gasteiger partial charge in [0.2, 0.25) is 29.5 Å².